The molecular formula is C22H18FN3O2S. The van der Waals surface area contributed by atoms with Gasteiger partial charge in [-0.15, -0.1) is 11.3 Å². The van der Waals surface area contributed by atoms with E-state index in [0.717, 1.165) is 16.9 Å². The lowest BCUT2D eigenvalue weighted by Crippen LogP contribution is -2.26. The van der Waals surface area contributed by atoms with Gasteiger partial charge in [-0.1, -0.05) is 18.2 Å². The van der Waals surface area contributed by atoms with E-state index in [0.29, 0.717) is 23.2 Å². The van der Waals surface area contributed by atoms with Crippen LogP contribution in [0.1, 0.15) is 18.0 Å². The van der Waals surface area contributed by atoms with Crippen molar-refractivity contribution in [3.8, 4) is 11.3 Å². The van der Waals surface area contributed by atoms with Gasteiger partial charge in [0, 0.05) is 23.8 Å². The molecule has 7 heteroatoms. The number of amides is 1. The molecule has 0 aliphatic rings. The first kappa shape index (κ1) is 19.0. The Morgan fingerprint density at radius 3 is 2.59 bits per heavy atom. The minimum absolute atomic E-state index is 0.0907. The highest BCUT2D eigenvalue weighted by Gasteiger charge is 2.21. The van der Waals surface area contributed by atoms with E-state index < -0.39 is 0 Å². The fourth-order valence-corrected chi connectivity index (χ4v) is 3.72. The quantitative estimate of drug-likeness (QED) is 0.421. The summed E-state index contributed by atoms with van der Waals surface area (Å²) in [5.41, 5.74) is 2.38. The molecule has 0 saturated heterocycles. The Morgan fingerprint density at radius 1 is 1.14 bits per heavy atom. The number of thiazole rings is 1. The molecule has 4 rings (SSSR count). The zero-order valence-electron chi connectivity index (χ0n) is 15.7. The molecule has 0 radical (unpaired) electrons. The highest BCUT2D eigenvalue weighted by molar-refractivity contribution is 7.14. The molecule has 0 spiro atoms. The number of aromatic nitrogens is 2. The molecule has 146 valence electrons. The van der Waals surface area contributed by atoms with E-state index >= 15 is 0 Å². The molecule has 0 atom stereocenters. The van der Waals surface area contributed by atoms with Crippen molar-refractivity contribution in [2.24, 2.45) is 0 Å². The summed E-state index contributed by atoms with van der Waals surface area (Å²) in [4.78, 5) is 23.4. The van der Waals surface area contributed by atoms with Gasteiger partial charge in [0.1, 0.15) is 5.82 Å². The second kappa shape index (κ2) is 8.36. The van der Waals surface area contributed by atoms with Crippen molar-refractivity contribution in [3.63, 3.8) is 0 Å². The second-order valence-corrected chi connectivity index (χ2v) is 7.30. The Labute approximate surface area is 171 Å². The highest BCUT2D eigenvalue weighted by Crippen LogP contribution is 2.29. The van der Waals surface area contributed by atoms with Gasteiger partial charge in [0.15, 0.2) is 16.8 Å². The summed E-state index contributed by atoms with van der Waals surface area (Å²) in [7, 11) is 0. The molecule has 2 aromatic carbocycles. The minimum Gasteiger partial charge on any atom is -0.441 e. The zero-order valence-corrected chi connectivity index (χ0v) is 16.5. The Balaban J connectivity index is 1.49. The number of hydrogen-bond acceptors (Lipinski definition) is 5. The Kier molecular flexibility index (Phi) is 5.48. The fraction of sp³-hybridized carbons (Fsp3) is 0.136. The Morgan fingerprint density at radius 2 is 1.90 bits per heavy atom. The Bertz CT molecular complexity index is 1110. The van der Waals surface area contributed by atoms with Gasteiger partial charge in [0.25, 0.3) is 0 Å². The predicted octanol–water partition coefficient (Wildman–Crippen LogP) is 5.54. The van der Waals surface area contributed by atoms with Crippen molar-refractivity contribution in [2.75, 3.05) is 4.90 Å². The molecule has 2 aromatic heterocycles. The number of rotatable bonds is 6. The monoisotopic (exact) mass is 407 g/mol. The number of anilines is 2. The van der Waals surface area contributed by atoms with Crippen molar-refractivity contribution in [1.82, 2.24) is 9.97 Å². The average molecular weight is 407 g/mol. The molecule has 0 bridgehead atoms. The molecule has 29 heavy (non-hydrogen) atoms. The molecule has 0 fully saturated rings. The van der Waals surface area contributed by atoms with E-state index in [-0.39, 0.29) is 18.1 Å². The topological polar surface area (TPSA) is 59.2 Å². The zero-order chi connectivity index (χ0) is 20.2. The van der Waals surface area contributed by atoms with Crippen LogP contribution in [-0.4, -0.2) is 15.9 Å². The molecule has 0 aliphatic heterocycles. The summed E-state index contributed by atoms with van der Waals surface area (Å²) in [5, 5.41) is 2.56. The van der Waals surface area contributed by atoms with Crippen LogP contribution >= 0.6 is 11.3 Å². The average Bonchev–Trinajstić information content (AvgIpc) is 3.37. The number of oxazole rings is 1. The number of carbonyl (C=O) groups excluding carboxylic acids is 1. The van der Waals surface area contributed by atoms with E-state index in [1.54, 1.807) is 23.2 Å². The molecule has 0 N–H and O–H groups in total. The van der Waals surface area contributed by atoms with Gasteiger partial charge in [-0.3, -0.25) is 9.69 Å². The molecule has 4 aromatic rings. The molecule has 0 unspecified atom stereocenters. The van der Waals surface area contributed by atoms with E-state index in [9.17, 15) is 9.18 Å². The standard InChI is InChI=1S/C22H18FN3O2S/c1-15-14-29-22(25-15)26(18-5-3-2-4-6-18)21(27)12-11-20-24-13-19(28-20)16-7-9-17(23)10-8-16/h2-10,13-14H,11-12H2,1H3. The third kappa shape index (κ3) is 4.41. The van der Waals surface area contributed by atoms with Crippen LogP contribution in [0.15, 0.2) is 70.6 Å². The third-order valence-electron chi connectivity index (χ3n) is 4.30. The maximum absolute atomic E-state index is 13.1. The summed E-state index contributed by atoms with van der Waals surface area (Å²) >= 11 is 1.43. The van der Waals surface area contributed by atoms with Gasteiger partial charge in [-0.2, -0.15) is 0 Å². The van der Waals surface area contributed by atoms with E-state index in [1.807, 2.05) is 42.6 Å². The lowest BCUT2D eigenvalue weighted by molar-refractivity contribution is -0.117. The minimum atomic E-state index is -0.308. The van der Waals surface area contributed by atoms with Crippen molar-refractivity contribution in [1.29, 1.82) is 0 Å². The van der Waals surface area contributed by atoms with Crippen LogP contribution in [-0.2, 0) is 11.2 Å². The van der Waals surface area contributed by atoms with Crippen molar-refractivity contribution >= 4 is 28.1 Å². The predicted molar refractivity (Wildman–Crippen MR) is 111 cm³/mol. The van der Waals surface area contributed by atoms with Crippen LogP contribution < -0.4 is 4.90 Å². The first-order chi connectivity index (χ1) is 14.1. The number of hydrogen-bond donors (Lipinski definition) is 0. The van der Waals surface area contributed by atoms with Crippen LogP contribution in [0.4, 0.5) is 15.2 Å². The molecule has 0 saturated carbocycles. The largest absolute Gasteiger partial charge is 0.441 e. The number of carbonyl (C=O) groups is 1. The van der Waals surface area contributed by atoms with Crippen LogP contribution in [0.25, 0.3) is 11.3 Å². The second-order valence-electron chi connectivity index (χ2n) is 6.46. The highest BCUT2D eigenvalue weighted by atomic mass is 32.1. The van der Waals surface area contributed by atoms with E-state index in [2.05, 4.69) is 9.97 Å². The van der Waals surface area contributed by atoms with Crippen molar-refractivity contribution in [2.45, 2.75) is 19.8 Å². The maximum atomic E-state index is 13.1. The number of benzene rings is 2. The Hall–Kier alpha value is -3.32. The lowest BCUT2D eigenvalue weighted by Gasteiger charge is -2.19. The molecule has 1 amide bonds. The number of nitrogens with zero attached hydrogens (tertiary/aromatic N) is 3. The summed E-state index contributed by atoms with van der Waals surface area (Å²) in [6.45, 7) is 1.90. The number of aryl methyl sites for hydroxylation is 2. The first-order valence-electron chi connectivity index (χ1n) is 9.11. The third-order valence-corrected chi connectivity index (χ3v) is 5.24. The summed E-state index contributed by atoms with van der Waals surface area (Å²) in [6, 6.07) is 15.4. The van der Waals surface area contributed by atoms with Crippen molar-refractivity contribution < 1.29 is 13.6 Å². The number of para-hydroxylation sites is 1. The molecule has 2 heterocycles. The normalized spacial score (nSPS) is 10.8. The van der Waals surface area contributed by atoms with Crippen LogP contribution in [0.2, 0.25) is 0 Å². The van der Waals surface area contributed by atoms with Gasteiger partial charge < -0.3 is 4.42 Å². The van der Waals surface area contributed by atoms with Gasteiger partial charge in [-0.05, 0) is 43.3 Å². The van der Waals surface area contributed by atoms with Crippen LogP contribution in [0.3, 0.4) is 0 Å². The van der Waals surface area contributed by atoms with Crippen LogP contribution in [0, 0.1) is 12.7 Å². The SMILES string of the molecule is Cc1csc(N(C(=O)CCc2ncc(-c3ccc(F)cc3)o2)c2ccccc2)n1. The number of halogens is 1. The van der Waals surface area contributed by atoms with Gasteiger partial charge in [0.2, 0.25) is 5.91 Å². The van der Waals surface area contributed by atoms with Gasteiger partial charge in [0.05, 0.1) is 17.6 Å². The molecular weight excluding hydrogens is 389 g/mol. The smallest absolute Gasteiger partial charge is 0.233 e. The van der Waals surface area contributed by atoms with Gasteiger partial charge >= 0.3 is 0 Å². The van der Waals surface area contributed by atoms with Crippen LogP contribution in [0.5, 0.6) is 0 Å². The lowest BCUT2D eigenvalue weighted by atomic mass is 10.2. The summed E-state index contributed by atoms with van der Waals surface area (Å²) < 4.78 is 18.8. The summed E-state index contributed by atoms with van der Waals surface area (Å²) in [6.07, 6.45) is 2.16. The fourth-order valence-electron chi connectivity index (χ4n) is 2.88. The van der Waals surface area contributed by atoms with Crippen molar-refractivity contribution in [3.05, 3.63) is 83.6 Å². The maximum Gasteiger partial charge on any atom is 0.233 e. The van der Waals surface area contributed by atoms with Gasteiger partial charge in [-0.25, -0.2) is 14.4 Å². The molecule has 0 aliphatic carbocycles. The molecule has 5 nitrogen and oxygen atoms in total. The summed E-state index contributed by atoms with van der Waals surface area (Å²) in [5.74, 6) is 0.605. The van der Waals surface area contributed by atoms with E-state index in [4.69, 9.17) is 4.42 Å². The first-order valence-corrected chi connectivity index (χ1v) is 9.99. The van der Waals surface area contributed by atoms with E-state index in [1.165, 1.54) is 23.5 Å².